The summed E-state index contributed by atoms with van der Waals surface area (Å²) in [6.07, 6.45) is -14.6. The lowest BCUT2D eigenvalue weighted by molar-refractivity contribution is -0.290. The number of nitrogens with one attached hydrogen (secondary N) is 1. The average Bonchev–Trinajstić information content (AvgIpc) is 3.19. The summed E-state index contributed by atoms with van der Waals surface area (Å²) in [5, 5.41) is 63.5. The number of nitrogens with zero attached hydrogens (tertiary/aromatic N) is 2. The number of aromatic nitrogens is 2. The highest BCUT2D eigenvalue weighted by atomic mass is 31.2. The summed E-state index contributed by atoms with van der Waals surface area (Å²) in [5.74, 6) is -7.34. The molecule has 248 valence electrons. The molecule has 3 heterocycles. The number of carboxylic acids is 1. The molecule has 21 nitrogen and oxygen atoms in total. The SMILES string of the molecule is CC(=O)N[C@H]1[C@H]([C@H](OC(C)=O)[C@H](O)CO)O[C@@](OP(=O)(O)OC[C@H]2O[C@@H](n3ccc(N)nc3=O)[C@H](O)[C@@H]2O)(C(=O)O)C[C@@H]1O. The second-order valence-electron chi connectivity index (χ2n) is 9.91. The lowest BCUT2D eigenvalue weighted by Crippen LogP contribution is -2.68. The minimum atomic E-state index is -5.57. The fraction of sp³-hybridized carbons (Fsp3) is 0.682. The smallest absolute Gasteiger partial charge is 0.475 e. The Kier molecular flexibility index (Phi) is 11.2. The van der Waals surface area contributed by atoms with E-state index in [1.165, 1.54) is 6.07 Å². The number of ether oxygens (including phenoxy) is 3. The molecule has 0 saturated carbocycles. The molecule has 22 heteroatoms. The van der Waals surface area contributed by atoms with Crippen molar-refractivity contribution in [2.75, 3.05) is 18.9 Å². The molecule has 2 saturated heterocycles. The number of amides is 1. The molecule has 2 aliphatic rings. The van der Waals surface area contributed by atoms with Crippen molar-refractivity contribution < 1.29 is 77.7 Å². The summed E-state index contributed by atoms with van der Waals surface area (Å²) < 4.78 is 39.1. The largest absolute Gasteiger partial charge is 0.477 e. The number of aliphatic hydroxyl groups excluding tert-OH is 5. The lowest BCUT2D eigenvalue weighted by Gasteiger charge is -2.47. The summed E-state index contributed by atoms with van der Waals surface area (Å²) in [6, 6.07) is -0.400. The molecule has 3 rings (SSSR count). The van der Waals surface area contributed by atoms with Crippen LogP contribution in [0, 0.1) is 0 Å². The number of nitrogens with two attached hydrogens (primary N) is 1. The van der Waals surface area contributed by atoms with E-state index in [0.717, 1.165) is 24.6 Å². The molecule has 0 spiro atoms. The zero-order chi connectivity index (χ0) is 33.1. The molecule has 2 fully saturated rings. The van der Waals surface area contributed by atoms with Crippen LogP contribution >= 0.6 is 7.82 Å². The zero-order valence-electron chi connectivity index (χ0n) is 23.1. The molecule has 44 heavy (non-hydrogen) atoms. The number of carbonyl (C=O) groups excluding carboxylic acids is 2. The summed E-state index contributed by atoms with van der Waals surface area (Å²) in [6.45, 7) is -0.200. The Morgan fingerprint density at radius 3 is 2.48 bits per heavy atom. The van der Waals surface area contributed by atoms with Gasteiger partial charge in [0.25, 0.3) is 5.79 Å². The van der Waals surface area contributed by atoms with E-state index in [1.54, 1.807) is 0 Å². The number of aliphatic carboxylic acids is 1. The quantitative estimate of drug-likeness (QED) is 0.0753. The van der Waals surface area contributed by atoms with E-state index in [0.29, 0.717) is 0 Å². The fourth-order valence-electron chi connectivity index (χ4n) is 4.64. The average molecular weight is 656 g/mol. The molecule has 0 radical (unpaired) electrons. The van der Waals surface area contributed by atoms with Crippen molar-refractivity contribution in [3.8, 4) is 0 Å². The van der Waals surface area contributed by atoms with Crippen LogP contribution in [0.15, 0.2) is 17.1 Å². The van der Waals surface area contributed by atoms with Crippen LogP contribution in [0.3, 0.4) is 0 Å². The number of nitrogen functional groups attached to an aromatic ring is 1. The summed E-state index contributed by atoms with van der Waals surface area (Å²) in [7, 11) is -5.57. The molecule has 1 unspecified atom stereocenters. The number of phosphoric ester groups is 1. The Bertz CT molecular complexity index is 1330. The number of anilines is 1. The van der Waals surface area contributed by atoms with Gasteiger partial charge in [-0.25, -0.2) is 18.7 Å². The predicted octanol–water partition coefficient (Wildman–Crippen LogP) is -4.70. The van der Waals surface area contributed by atoms with Crippen molar-refractivity contribution in [1.29, 1.82) is 0 Å². The van der Waals surface area contributed by atoms with Gasteiger partial charge in [0.05, 0.1) is 25.4 Å². The Hall–Kier alpha value is -3.08. The molecule has 0 bridgehead atoms. The number of carboxylic acid groups (broad SMARTS) is 1. The molecule has 10 N–H and O–H groups in total. The van der Waals surface area contributed by atoms with Crippen LogP contribution in [-0.2, 0) is 42.2 Å². The first-order valence-electron chi connectivity index (χ1n) is 12.8. The maximum absolute atomic E-state index is 13.0. The molecule has 2 aliphatic heterocycles. The molecular formula is C22H33N4O17P. The Morgan fingerprint density at radius 2 is 1.93 bits per heavy atom. The van der Waals surface area contributed by atoms with Crippen LogP contribution in [0.4, 0.5) is 5.82 Å². The van der Waals surface area contributed by atoms with Crippen LogP contribution in [0.5, 0.6) is 0 Å². The Balaban J connectivity index is 1.84. The first-order chi connectivity index (χ1) is 20.4. The maximum atomic E-state index is 13.0. The van der Waals surface area contributed by atoms with Crippen LogP contribution in [0.2, 0.25) is 0 Å². The van der Waals surface area contributed by atoms with Crippen molar-refractivity contribution in [2.45, 2.75) is 81.1 Å². The monoisotopic (exact) mass is 656 g/mol. The maximum Gasteiger partial charge on any atom is 0.475 e. The van der Waals surface area contributed by atoms with Gasteiger partial charge in [-0.05, 0) is 6.07 Å². The third-order valence-corrected chi connectivity index (χ3v) is 7.59. The third kappa shape index (κ3) is 7.95. The highest BCUT2D eigenvalue weighted by Gasteiger charge is 2.59. The van der Waals surface area contributed by atoms with Crippen LogP contribution in [0.25, 0.3) is 0 Å². The number of rotatable bonds is 12. The number of phosphoric acid groups is 1. The van der Waals surface area contributed by atoms with Crippen LogP contribution in [0.1, 0.15) is 26.5 Å². The van der Waals surface area contributed by atoms with E-state index in [9.17, 15) is 59.3 Å². The molecule has 0 aliphatic carbocycles. The zero-order valence-corrected chi connectivity index (χ0v) is 24.0. The second-order valence-corrected chi connectivity index (χ2v) is 11.3. The van der Waals surface area contributed by atoms with E-state index in [-0.39, 0.29) is 5.82 Å². The minimum Gasteiger partial charge on any atom is -0.477 e. The fourth-order valence-corrected chi connectivity index (χ4v) is 5.60. The number of esters is 1. The number of aliphatic hydroxyl groups is 5. The molecule has 1 aromatic heterocycles. The van der Waals surface area contributed by atoms with Crippen LogP contribution in [-0.4, -0.2) is 131 Å². The molecule has 1 aromatic rings. The van der Waals surface area contributed by atoms with Crippen molar-refractivity contribution >= 4 is 31.5 Å². The van der Waals surface area contributed by atoms with E-state index in [1.807, 2.05) is 0 Å². The van der Waals surface area contributed by atoms with E-state index < -0.39 is 112 Å². The molecule has 1 amide bonds. The van der Waals surface area contributed by atoms with Gasteiger partial charge in [-0.2, -0.15) is 4.98 Å². The van der Waals surface area contributed by atoms with Gasteiger partial charge in [0, 0.05) is 26.5 Å². The Morgan fingerprint density at radius 1 is 1.27 bits per heavy atom. The topological polar surface area (TPSA) is 329 Å². The normalized spacial score (nSPS) is 33.1. The number of carbonyl (C=O) groups is 3. The van der Waals surface area contributed by atoms with Gasteiger partial charge in [0.2, 0.25) is 5.91 Å². The first-order valence-corrected chi connectivity index (χ1v) is 14.3. The van der Waals surface area contributed by atoms with Crippen LogP contribution < -0.4 is 16.7 Å². The first kappa shape index (κ1) is 35.4. The van der Waals surface area contributed by atoms with Gasteiger partial charge >= 0.3 is 25.5 Å². The standard InChI is InChI=1S/C22H33N4O17P/c1-8(28)24-14-10(30)5-22(20(34)35,42-18(14)17(11(31)6-27)40-9(2)29)43-44(37,38)39-7-12-15(32)16(33)19(41-12)26-4-3-13(23)25-21(26)36/h3-4,10-12,14-19,27,30-33H,5-7H2,1-2H3,(H,24,28)(H,34,35)(H,37,38)(H2,23,25,36)/t10-,11+,12+,14+,15+,16+,17+,18+,19+,22-/m0/s1. The number of hydrogen-bond donors (Lipinski definition) is 9. The van der Waals surface area contributed by atoms with Gasteiger partial charge < -0.3 is 60.8 Å². The summed E-state index contributed by atoms with van der Waals surface area (Å²) in [4.78, 5) is 61.9. The second kappa shape index (κ2) is 13.9. The number of hydrogen-bond acceptors (Lipinski definition) is 17. The third-order valence-electron chi connectivity index (χ3n) is 6.59. The van der Waals surface area contributed by atoms with Crippen molar-refractivity contribution in [3.05, 3.63) is 22.7 Å². The van der Waals surface area contributed by atoms with Crippen molar-refractivity contribution in [2.24, 2.45) is 0 Å². The van der Waals surface area contributed by atoms with Crippen molar-refractivity contribution in [1.82, 2.24) is 14.9 Å². The Labute approximate surface area is 247 Å². The van der Waals surface area contributed by atoms with E-state index >= 15 is 0 Å². The van der Waals surface area contributed by atoms with E-state index in [4.69, 9.17) is 29.0 Å². The lowest BCUT2D eigenvalue weighted by atomic mass is 9.88. The molecule has 0 aromatic carbocycles. The van der Waals surface area contributed by atoms with Gasteiger partial charge in [0.1, 0.15) is 36.3 Å². The summed E-state index contributed by atoms with van der Waals surface area (Å²) >= 11 is 0. The van der Waals surface area contributed by atoms with E-state index in [2.05, 4.69) is 10.3 Å². The summed E-state index contributed by atoms with van der Waals surface area (Å²) in [5.41, 5.74) is 4.47. The van der Waals surface area contributed by atoms with Crippen molar-refractivity contribution in [3.63, 3.8) is 0 Å². The van der Waals surface area contributed by atoms with Gasteiger partial charge in [0.15, 0.2) is 12.3 Å². The highest BCUT2D eigenvalue weighted by molar-refractivity contribution is 7.47. The predicted molar refractivity (Wildman–Crippen MR) is 138 cm³/mol. The van der Waals surface area contributed by atoms with Gasteiger partial charge in [-0.1, -0.05) is 0 Å². The minimum absolute atomic E-state index is 0.143. The molecular weight excluding hydrogens is 623 g/mol. The van der Waals surface area contributed by atoms with Gasteiger partial charge in [-0.3, -0.25) is 18.7 Å². The molecule has 11 atom stereocenters. The van der Waals surface area contributed by atoms with Gasteiger partial charge in [-0.15, -0.1) is 0 Å². The highest BCUT2D eigenvalue weighted by Crippen LogP contribution is 2.51.